The van der Waals surface area contributed by atoms with E-state index in [1.165, 1.54) is 103 Å². The van der Waals surface area contributed by atoms with Crippen LogP contribution in [0.5, 0.6) is 0 Å². The molecule has 0 fully saturated rings. The van der Waals surface area contributed by atoms with Crippen molar-refractivity contribution in [2.75, 3.05) is 19.8 Å². The van der Waals surface area contributed by atoms with Gasteiger partial charge in [0, 0.05) is 25.3 Å². The van der Waals surface area contributed by atoms with E-state index in [4.69, 9.17) is 20.9 Å². The Kier molecular flexibility index (Phi) is 28.1. The van der Waals surface area contributed by atoms with Crippen LogP contribution in [0.25, 0.3) is 0 Å². The summed E-state index contributed by atoms with van der Waals surface area (Å²) in [6.07, 6.45) is 26.1. The third-order valence-electron chi connectivity index (χ3n) is 7.80. The number of rotatable bonds is 31. The molecule has 0 aliphatic heterocycles. The third kappa shape index (κ3) is 26.0. The minimum Gasteiger partial charge on any atom is -0.368 e. The van der Waals surface area contributed by atoms with Crippen LogP contribution < -0.4 is 11.5 Å². The molecule has 0 bridgehead atoms. The summed E-state index contributed by atoms with van der Waals surface area (Å²) < 4.78 is 11.2. The number of aliphatic hydroxyl groups excluding tert-OH is 2. The van der Waals surface area contributed by atoms with E-state index < -0.39 is 18.1 Å². The number of hydrogen-bond acceptors (Lipinski definition) is 6. The minimum absolute atomic E-state index is 0.309. The molecule has 6 N–H and O–H groups in total. The van der Waals surface area contributed by atoms with Crippen molar-refractivity contribution in [2.45, 2.75) is 186 Å². The Balaban J connectivity index is 3.69. The summed E-state index contributed by atoms with van der Waals surface area (Å²) in [5, 5.41) is 20.4. The molecule has 0 aromatic carbocycles. The maximum Gasteiger partial charge on any atom is 0.154 e. The highest BCUT2D eigenvalue weighted by molar-refractivity contribution is 4.85. The maximum absolute atomic E-state index is 10.2. The molecule has 0 radical (unpaired) electrons. The molecule has 0 aliphatic rings. The van der Waals surface area contributed by atoms with E-state index in [-0.39, 0.29) is 0 Å². The zero-order chi connectivity index (χ0) is 28.2. The highest BCUT2D eigenvalue weighted by atomic mass is 16.6. The normalized spacial score (nSPS) is 15.0. The quantitative estimate of drug-likeness (QED) is 0.0525. The SMILES string of the molecule is CCCCCCCCCCCCOC(O)CCC(N)(CN)CCC(O)OCCCCCCCCCCCC. The summed E-state index contributed by atoms with van der Waals surface area (Å²) in [5.74, 6) is 0. The van der Waals surface area contributed by atoms with Crippen LogP contribution in [-0.4, -0.2) is 48.1 Å². The van der Waals surface area contributed by atoms with E-state index in [1.807, 2.05) is 0 Å². The topological polar surface area (TPSA) is 111 Å². The van der Waals surface area contributed by atoms with Gasteiger partial charge in [0.05, 0.1) is 0 Å². The average molecular weight is 545 g/mol. The molecule has 0 rings (SSSR count). The molecule has 0 amide bonds. The van der Waals surface area contributed by atoms with E-state index in [9.17, 15) is 10.2 Å². The Morgan fingerprint density at radius 3 is 1.11 bits per heavy atom. The van der Waals surface area contributed by atoms with Crippen LogP contribution in [0.2, 0.25) is 0 Å². The lowest BCUT2D eigenvalue weighted by molar-refractivity contribution is -0.112. The molecule has 0 aromatic rings. The highest BCUT2D eigenvalue weighted by Gasteiger charge is 2.25. The largest absolute Gasteiger partial charge is 0.368 e. The fraction of sp³-hybridized carbons (Fsp3) is 1.00. The monoisotopic (exact) mass is 545 g/mol. The maximum atomic E-state index is 10.2. The van der Waals surface area contributed by atoms with E-state index >= 15 is 0 Å². The van der Waals surface area contributed by atoms with Gasteiger partial charge in [-0.3, -0.25) is 0 Å². The summed E-state index contributed by atoms with van der Waals surface area (Å²) in [5.41, 5.74) is 11.8. The first-order valence-corrected chi connectivity index (χ1v) is 16.6. The zero-order valence-corrected chi connectivity index (χ0v) is 25.6. The second kappa shape index (κ2) is 28.3. The van der Waals surface area contributed by atoms with Gasteiger partial charge in [-0.25, -0.2) is 0 Å². The number of hydrogen-bond donors (Lipinski definition) is 4. The Labute approximate surface area is 237 Å². The van der Waals surface area contributed by atoms with Crippen molar-refractivity contribution in [3.63, 3.8) is 0 Å². The predicted octanol–water partition coefficient (Wildman–Crippen LogP) is 7.71. The summed E-state index contributed by atoms with van der Waals surface area (Å²) in [7, 11) is 0. The highest BCUT2D eigenvalue weighted by Crippen LogP contribution is 2.19. The van der Waals surface area contributed by atoms with Gasteiger partial charge in [0.2, 0.25) is 0 Å². The standard InChI is InChI=1S/C32H68N2O4/c1-3-5-7-9-11-13-15-17-19-21-27-37-30(35)23-25-32(34,29-33)26-24-31(36)38-28-22-20-18-16-14-12-10-8-6-4-2/h30-31,35-36H,3-29,33-34H2,1-2H3. The lowest BCUT2D eigenvalue weighted by Crippen LogP contribution is -2.48. The third-order valence-corrected chi connectivity index (χ3v) is 7.80. The minimum atomic E-state index is -0.805. The van der Waals surface area contributed by atoms with Crippen LogP contribution in [-0.2, 0) is 9.47 Å². The van der Waals surface area contributed by atoms with Crippen molar-refractivity contribution < 1.29 is 19.7 Å². The van der Waals surface area contributed by atoms with Crippen LogP contribution >= 0.6 is 0 Å². The zero-order valence-electron chi connectivity index (χ0n) is 25.6. The van der Waals surface area contributed by atoms with Crippen LogP contribution in [0.4, 0.5) is 0 Å². The van der Waals surface area contributed by atoms with Crippen LogP contribution in [0.1, 0.15) is 168 Å². The molecule has 230 valence electrons. The van der Waals surface area contributed by atoms with Gasteiger partial charge in [-0.1, -0.05) is 129 Å². The molecular weight excluding hydrogens is 476 g/mol. The first-order valence-electron chi connectivity index (χ1n) is 16.6. The van der Waals surface area contributed by atoms with Crippen molar-refractivity contribution >= 4 is 0 Å². The smallest absolute Gasteiger partial charge is 0.154 e. The molecule has 0 aliphatic carbocycles. The Bertz CT molecular complexity index is 431. The summed E-state index contributed by atoms with van der Waals surface area (Å²) in [6, 6.07) is 0. The summed E-state index contributed by atoms with van der Waals surface area (Å²) in [4.78, 5) is 0. The molecular formula is C32H68N2O4. The average Bonchev–Trinajstić information content (AvgIpc) is 2.92. The Morgan fingerprint density at radius 2 is 0.816 bits per heavy atom. The first kappa shape index (κ1) is 37.8. The molecule has 0 heterocycles. The second-order valence-corrected chi connectivity index (χ2v) is 11.7. The number of unbranched alkanes of at least 4 members (excludes halogenated alkanes) is 18. The molecule has 0 spiro atoms. The summed E-state index contributed by atoms with van der Waals surface area (Å²) in [6.45, 7) is 5.99. The lowest BCUT2D eigenvalue weighted by Gasteiger charge is -2.30. The molecule has 2 unspecified atom stereocenters. The first-order chi connectivity index (χ1) is 18.5. The molecule has 6 heteroatoms. The van der Waals surface area contributed by atoms with E-state index in [0.29, 0.717) is 45.4 Å². The van der Waals surface area contributed by atoms with Gasteiger partial charge in [0.25, 0.3) is 0 Å². The van der Waals surface area contributed by atoms with E-state index in [1.54, 1.807) is 0 Å². The van der Waals surface area contributed by atoms with Crippen molar-refractivity contribution in [1.29, 1.82) is 0 Å². The molecule has 2 atom stereocenters. The number of nitrogens with two attached hydrogens (primary N) is 2. The molecule has 0 saturated heterocycles. The fourth-order valence-electron chi connectivity index (χ4n) is 4.94. The molecule has 6 nitrogen and oxygen atoms in total. The van der Waals surface area contributed by atoms with Crippen LogP contribution in [0, 0.1) is 0 Å². The Hall–Kier alpha value is -0.240. The molecule has 38 heavy (non-hydrogen) atoms. The van der Waals surface area contributed by atoms with Crippen LogP contribution in [0.3, 0.4) is 0 Å². The van der Waals surface area contributed by atoms with Crippen molar-refractivity contribution in [3.05, 3.63) is 0 Å². The Morgan fingerprint density at radius 1 is 0.526 bits per heavy atom. The lowest BCUT2D eigenvalue weighted by atomic mass is 9.89. The van der Waals surface area contributed by atoms with E-state index in [0.717, 1.165) is 25.7 Å². The van der Waals surface area contributed by atoms with Crippen molar-refractivity contribution in [1.82, 2.24) is 0 Å². The second-order valence-electron chi connectivity index (χ2n) is 11.7. The van der Waals surface area contributed by atoms with Gasteiger partial charge in [0.1, 0.15) is 0 Å². The fourth-order valence-corrected chi connectivity index (χ4v) is 4.94. The van der Waals surface area contributed by atoms with Gasteiger partial charge >= 0.3 is 0 Å². The van der Waals surface area contributed by atoms with Gasteiger partial charge in [-0.05, 0) is 38.5 Å². The number of ether oxygens (including phenoxy) is 2. The van der Waals surface area contributed by atoms with E-state index in [2.05, 4.69) is 13.8 Å². The van der Waals surface area contributed by atoms with Crippen LogP contribution in [0.15, 0.2) is 0 Å². The summed E-state index contributed by atoms with van der Waals surface area (Å²) >= 11 is 0. The van der Waals surface area contributed by atoms with Gasteiger partial charge < -0.3 is 31.2 Å². The predicted molar refractivity (Wildman–Crippen MR) is 162 cm³/mol. The molecule has 0 aromatic heterocycles. The van der Waals surface area contributed by atoms with Crippen molar-refractivity contribution in [2.24, 2.45) is 11.5 Å². The van der Waals surface area contributed by atoms with Crippen molar-refractivity contribution in [3.8, 4) is 0 Å². The van der Waals surface area contributed by atoms with Gasteiger partial charge in [0.15, 0.2) is 12.6 Å². The number of aliphatic hydroxyl groups is 2. The molecule has 0 saturated carbocycles. The van der Waals surface area contributed by atoms with Gasteiger partial charge in [-0.2, -0.15) is 0 Å². The van der Waals surface area contributed by atoms with Gasteiger partial charge in [-0.15, -0.1) is 0 Å².